The van der Waals surface area contributed by atoms with Crippen LogP contribution in [0.5, 0.6) is 0 Å². The summed E-state index contributed by atoms with van der Waals surface area (Å²) in [6, 6.07) is 0. The van der Waals surface area contributed by atoms with Gasteiger partial charge in [-0.05, 0) is 18.9 Å². The van der Waals surface area contributed by atoms with Gasteiger partial charge in [0.1, 0.15) is 0 Å². The van der Waals surface area contributed by atoms with Crippen LogP contribution in [-0.4, -0.2) is 5.78 Å². The molecule has 0 saturated carbocycles. The molecule has 11 heavy (non-hydrogen) atoms. The number of ketones is 1. The Morgan fingerprint density at radius 2 is 1.64 bits per heavy atom. The van der Waals surface area contributed by atoms with Crippen LogP contribution in [0.2, 0.25) is 0 Å². The van der Waals surface area contributed by atoms with Gasteiger partial charge in [-0.2, -0.15) is 0 Å². The summed E-state index contributed by atoms with van der Waals surface area (Å²) < 4.78 is 0. The molecular formula is C7H12Cl2OPd. The van der Waals surface area contributed by atoms with Crippen molar-refractivity contribution in [2.24, 2.45) is 5.92 Å². The van der Waals surface area contributed by atoms with Crippen molar-refractivity contribution < 1.29 is 50.0 Å². The van der Waals surface area contributed by atoms with E-state index >= 15 is 0 Å². The average Bonchev–Trinajstić information content (AvgIpc) is 1.61. The van der Waals surface area contributed by atoms with Gasteiger partial charge in [0.2, 0.25) is 0 Å². The molecule has 0 heterocycles. The van der Waals surface area contributed by atoms with Crippen LogP contribution < -0.4 is 24.8 Å². The van der Waals surface area contributed by atoms with Crippen LogP contribution in [0, 0.1) is 5.92 Å². The van der Waals surface area contributed by atoms with E-state index in [9.17, 15) is 4.79 Å². The Labute approximate surface area is 94.5 Å². The number of carbonyl (C=O) groups excluding carboxylic acids is 1. The minimum atomic E-state index is 0. The van der Waals surface area contributed by atoms with Crippen molar-refractivity contribution in [3.8, 4) is 0 Å². The smallest absolute Gasteiger partial charge is 1.00 e. The summed E-state index contributed by atoms with van der Waals surface area (Å²) in [5.41, 5.74) is 0. The summed E-state index contributed by atoms with van der Waals surface area (Å²) in [7, 11) is 0. The summed E-state index contributed by atoms with van der Waals surface area (Å²) in [6.45, 7) is 5.64. The average molecular weight is 289 g/mol. The normalized spacial score (nSPS) is 8.00. The Hall–Kier alpha value is 0.652. The SMILES string of the molecule is CC(=O)C=CC(C)C.[Cl-].[Cl-].[Pd+2]. The molecule has 0 radical (unpaired) electrons. The molecule has 0 aromatic heterocycles. The first-order valence-electron chi connectivity index (χ1n) is 2.81. The maximum atomic E-state index is 10.3. The molecule has 0 amide bonds. The van der Waals surface area contributed by atoms with Crippen LogP contribution in [0.15, 0.2) is 12.2 Å². The van der Waals surface area contributed by atoms with E-state index in [4.69, 9.17) is 0 Å². The molecule has 0 aliphatic heterocycles. The third-order valence-corrected chi connectivity index (χ3v) is 0.716. The van der Waals surface area contributed by atoms with E-state index in [1.807, 2.05) is 19.9 Å². The van der Waals surface area contributed by atoms with Crippen molar-refractivity contribution in [3.63, 3.8) is 0 Å². The van der Waals surface area contributed by atoms with Gasteiger partial charge in [-0.25, -0.2) is 0 Å². The molecule has 0 atom stereocenters. The van der Waals surface area contributed by atoms with Crippen molar-refractivity contribution in [2.75, 3.05) is 0 Å². The Morgan fingerprint density at radius 3 is 1.73 bits per heavy atom. The zero-order chi connectivity index (χ0) is 6.57. The molecule has 0 aromatic rings. The molecule has 0 spiro atoms. The van der Waals surface area contributed by atoms with E-state index in [1.54, 1.807) is 13.0 Å². The minimum absolute atomic E-state index is 0. The minimum Gasteiger partial charge on any atom is -1.00 e. The molecule has 0 aliphatic carbocycles. The number of allylic oxidation sites excluding steroid dienone is 2. The second-order valence-corrected chi connectivity index (χ2v) is 2.21. The molecule has 0 fully saturated rings. The molecule has 1 nitrogen and oxygen atoms in total. The van der Waals surface area contributed by atoms with E-state index in [0.717, 1.165) is 0 Å². The van der Waals surface area contributed by atoms with Crippen molar-refractivity contribution in [1.29, 1.82) is 0 Å². The van der Waals surface area contributed by atoms with E-state index in [1.165, 1.54) is 0 Å². The van der Waals surface area contributed by atoms with Gasteiger partial charge in [-0.3, -0.25) is 4.79 Å². The van der Waals surface area contributed by atoms with E-state index in [-0.39, 0.29) is 51.0 Å². The van der Waals surface area contributed by atoms with Gasteiger partial charge in [-0.15, -0.1) is 0 Å². The molecule has 0 rings (SSSR count). The quantitative estimate of drug-likeness (QED) is 0.372. The fourth-order valence-corrected chi connectivity index (χ4v) is 0.328. The van der Waals surface area contributed by atoms with Gasteiger partial charge in [0, 0.05) is 0 Å². The number of hydrogen-bond donors (Lipinski definition) is 0. The Balaban J connectivity index is -0.0000000817. The molecule has 0 aliphatic rings. The monoisotopic (exact) mass is 288 g/mol. The molecule has 4 heteroatoms. The molecule has 0 saturated heterocycles. The second kappa shape index (κ2) is 13.3. The van der Waals surface area contributed by atoms with E-state index < -0.39 is 0 Å². The Kier molecular flexibility index (Phi) is 27.2. The fraction of sp³-hybridized carbons (Fsp3) is 0.571. The van der Waals surface area contributed by atoms with Gasteiger partial charge in [0.15, 0.2) is 5.78 Å². The van der Waals surface area contributed by atoms with Crippen LogP contribution in [0.1, 0.15) is 20.8 Å². The van der Waals surface area contributed by atoms with E-state index in [0.29, 0.717) is 5.92 Å². The molecular weight excluding hydrogens is 277 g/mol. The van der Waals surface area contributed by atoms with Crippen molar-refractivity contribution in [1.82, 2.24) is 0 Å². The van der Waals surface area contributed by atoms with Gasteiger partial charge >= 0.3 is 20.4 Å². The van der Waals surface area contributed by atoms with Crippen LogP contribution in [0.3, 0.4) is 0 Å². The zero-order valence-corrected chi connectivity index (χ0v) is 9.78. The van der Waals surface area contributed by atoms with Crippen molar-refractivity contribution >= 4 is 5.78 Å². The maximum Gasteiger partial charge on any atom is 2.00 e. The van der Waals surface area contributed by atoms with Crippen LogP contribution >= 0.6 is 0 Å². The number of hydrogen-bond acceptors (Lipinski definition) is 1. The van der Waals surface area contributed by atoms with Gasteiger partial charge < -0.3 is 24.8 Å². The molecule has 0 bridgehead atoms. The first-order valence-corrected chi connectivity index (χ1v) is 2.81. The largest absolute Gasteiger partial charge is 2.00 e. The fourth-order valence-electron chi connectivity index (χ4n) is 0.328. The predicted octanol–water partition coefficient (Wildman–Crippen LogP) is -4.21. The summed E-state index contributed by atoms with van der Waals surface area (Å²) in [4.78, 5) is 10.3. The Bertz CT molecular complexity index is 113. The van der Waals surface area contributed by atoms with Crippen LogP contribution in [-0.2, 0) is 25.2 Å². The molecule has 0 N–H and O–H groups in total. The Morgan fingerprint density at radius 1 is 1.27 bits per heavy atom. The summed E-state index contributed by atoms with van der Waals surface area (Å²) >= 11 is 0. The summed E-state index contributed by atoms with van der Waals surface area (Å²) in [6.07, 6.45) is 3.49. The topological polar surface area (TPSA) is 17.1 Å². The van der Waals surface area contributed by atoms with Crippen LogP contribution in [0.25, 0.3) is 0 Å². The van der Waals surface area contributed by atoms with Crippen molar-refractivity contribution in [2.45, 2.75) is 20.8 Å². The zero-order valence-electron chi connectivity index (χ0n) is 6.71. The first kappa shape index (κ1) is 22.6. The van der Waals surface area contributed by atoms with Gasteiger partial charge in [0.25, 0.3) is 0 Å². The molecule has 0 aromatic carbocycles. The second-order valence-electron chi connectivity index (χ2n) is 2.21. The third kappa shape index (κ3) is 25.0. The summed E-state index contributed by atoms with van der Waals surface area (Å²) in [5.74, 6) is 0.609. The predicted molar refractivity (Wildman–Crippen MR) is 34.7 cm³/mol. The van der Waals surface area contributed by atoms with Gasteiger partial charge in [-0.1, -0.05) is 19.9 Å². The number of rotatable bonds is 2. The molecule has 0 unspecified atom stereocenters. The number of halogens is 2. The first-order chi connectivity index (χ1) is 3.63. The van der Waals surface area contributed by atoms with E-state index in [2.05, 4.69) is 0 Å². The van der Waals surface area contributed by atoms with Crippen LogP contribution in [0.4, 0.5) is 0 Å². The maximum absolute atomic E-state index is 10.3. The third-order valence-electron chi connectivity index (χ3n) is 0.716. The molecule has 70 valence electrons. The standard InChI is InChI=1S/C7H12O.2ClH.Pd/c1-6(2)4-5-7(3)8;;;/h4-6H,1-3H3;2*1H;/q;;;+2/p-2. The van der Waals surface area contributed by atoms with Crippen molar-refractivity contribution in [3.05, 3.63) is 12.2 Å². The van der Waals surface area contributed by atoms with Gasteiger partial charge in [0.05, 0.1) is 0 Å². The summed E-state index contributed by atoms with van der Waals surface area (Å²) in [5, 5.41) is 0. The number of carbonyl (C=O) groups is 1.